The summed E-state index contributed by atoms with van der Waals surface area (Å²) in [6.45, 7) is 1.77. The summed E-state index contributed by atoms with van der Waals surface area (Å²) in [5, 5.41) is 8.32. The van der Waals surface area contributed by atoms with E-state index in [0.29, 0.717) is 0 Å². The van der Waals surface area contributed by atoms with Gasteiger partial charge in [-0.05, 0) is 56.4 Å². The molecule has 3 heterocycles. The molecule has 0 saturated carbocycles. The third-order valence-electron chi connectivity index (χ3n) is 4.47. The normalized spacial score (nSPS) is 21.2. The maximum atomic E-state index is 13.2. The van der Waals surface area contributed by atoms with Crippen molar-refractivity contribution in [2.75, 3.05) is 18.5 Å². The van der Waals surface area contributed by atoms with E-state index >= 15 is 0 Å². The Morgan fingerprint density at radius 1 is 1.18 bits per heavy atom. The van der Waals surface area contributed by atoms with Crippen LogP contribution in [0.2, 0.25) is 0 Å². The molecule has 1 atom stereocenters. The molecule has 1 aromatic heterocycles. The maximum Gasteiger partial charge on any atom is 0.133 e. The topological polar surface area (TPSA) is 39.1 Å². The van der Waals surface area contributed by atoms with Crippen LogP contribution in [0.3, 0.4) is 0 Å². The Morgan fingerprint density at radius 2 is 2.05 bits per heavy atom. The van der Waals surface area contributed by atoms with Crippen LogP contribution >= 0.6 is 0 Å². The predicted octanol–water partition coefficient (Wildman–Crippen LogP) is 3.61. The van der Waals surface area contributed by atoms with Crippen LogP contribution in [-0.2, 0) is 11.2 Å². The van der Waals surface area contributed by atoms with Crippen LogP contribution in [0.5, 0.6) is 0 Å². The summed E-state index contributed by atoms with van der Waals surface area (Å²) in [4.78, 5) is 0. The van der Waals surface area contributed by atoms with Gasteiger partial charge in [0.1, 0.15) is 17.7 Å². The minimum atomic E-state index is -0.227. The number of benzene rings is 1. The van der Waals surface area contributed by atoms with Gasteiger partial charge in [0.15, 0.2) is 0 Å². The van der Waals surface area contributed by atoms with E-state index in [1.165, 1.54) is 17.7 Å². The first-order chi connectivity index (χ1) is 10.8. The van der Waals surface area contributed by atoms with Gasteiger partial charge in [-0.15, -0.1) is 0 Å². The zero-order chi connectivity index (χ0) is 14.9. The monoisotopic (exact) mass is 301 g/mol. The molecular formula is C17H20FN3O. The molecule has 4 nitrogen and oxygen atoms in total. The molecule has 2 aliphatic rings. The summed E-state index contributed by atoms with van der Waals surface area (Å²) < 4.78 is 21.0. The van der Waals surface area contributed by atoms with Crippen LogP contribution < -0.4 is 5.32 Å². The summed E-state index contributed by atoms with van der Waals surface area (Å²) in [5.74, 6) is 0.823. The molecule has 116 valence electrons. The largest absolute Gasteiger partial charge is 0.372 e. The second kappa shape index (κ2) is 5.72. The van der Waals surface area contributed by atoms with Crippen molar-refractivity contribution in [2.45, 2.75) is 38.2 Å². The second-order valence-electron chi connectivity index (χ2n) is 5.99. The van der Waals surface area contributed by atoms with Gasteiger partial charge < -0.3 is 10.1 Å². The first-order valence-corrected chi connectivity index (χ1v) is 8.06. The van der Waals surface area contributed by atoms with Crippen LogP contribution in [0.25, 0.3) is 5.69 Å². The fourth-order valence-corrected chi connectivity index (χ4v) is 3.35. The third-order valence-corrected chi connectivity index (χ3v) is 4.47. The van der Waals surface area contributed by atoms with Crippen LogP contribution in [0.4, 0.5) is 10.2 Å². The van der Waals surface area contributed by atoms with Crippen molar-refractivity contribution in [1.82, 2.24) is 9.78 Å². The minimum Gasteiger partial charge on any atom is -0.372 e. The van der Waals surface area contributed by atoms with E-state index in [9.17, 15) is 4.39 Å². The van der Waals surface area contributed by atoms with Crippen molar-refractivity contribution in [3.05, 3.63) is 41.3 Å². The minimum absolute atomic E-state index is 0.107. The van der Waals surface area contributed by atoms with E-state index < -0.39 is 0 Å². The molecule has 22 heavy (non-hydrogen) atoms. The lowest BCUT2D eigenvalue weighted by Gasteiger charge is -2.09. The molecule has 2 aromatic rings. The SMILES string of the molecule is Fc1ccc(-n2nc(C3CCCO3)c3c2NCCCC3)cc1. The predicted molar refractivity (Wildman–Crippen MR) is 82.9 cm³/mol. The number of ether oxygens (including phenoxy) is 1. The smallest absolute Gasteiger partial charge is 0.133 e. The van der Waals surface area contributed by atoms with Crippen LogP contribution in [0, 0.1) is 5.82 Å². The number of rotatable bonds is 2. The Hall–Kier alpha value is -1.88. The number of nitrogens with one attached hydrogen (secondary N) is 1. The van der Waals surface area contributed by atoms with Crippen LogP contribution in [0.15, 0.2) is 24.3 Å². The number of aromatic nitrogens is 2. The van der Waals surface area contributed by atoms with Gasteiger partial charge in [0.25, 0.3) is 0 Å². The van der Waals surface area contributed by atoms with E-state index in [1.807, 2.05) is 4.68 Å². The Morgan fingerprint density at radius 3 is 2.82 bits per heavy atom. The quantitative estimate of drug-likeness (QED) is 0.921. The molecule has 1 aromatic carbocycles. The number of fused-ring (bicyclic) bond motifs is 1. The highest BCUT2D eigenvalue weighted by molar-refractivity contribution is 5.54. The highest BCUT2D eigenvalue weighted by atomic mass is 19.1. The summed E-state index contributed by atoms with van der Waals surface area (Å²) in [7, 11) is 0. The molecule has 0 aliphatic carbocycles. The third kappa shape index (κ3) is 2.39. The highest BCUT2D eigenvalue weighted by Gasteiger charge is 2.28. The van der Waals surface area contributed by atoms with Gasteiger partial charge in [0.05, 0.1) is 11.4 Å². The zero-order valence-electron chi connectivity index (χ0n) is 12.5. The van der Waals surface area contributed by atoms with Crippen LogP contribution in [0.1, 0.15) is 43.0 Å². The van der Waals surface area contributed by atoms with Crippen molar-refractivity contribution < 1.29 is 9.13 Å². The molecule has 0 radical (unpaired) electrons. The molecule has 1 fully saturated rings. The average molecular weight is 301 g/mol. The second-order valence-corrected chi connectivity index (χ2v) is 5.99. The number of nitrogens with zero attached hydrogens (tertiary/aromatic N) is 2. The van der Waals surface area contributed by atoms with Gasteiger partial charge in [-0.1, -0.05) is 0 Å². The van der Waals surface area contributed by atoms with Gasteiger partial charge in [-0.2, -0.15) is 5.10 Å². The standard InChI is InChI=1S/C17H20FN3O/c18-12-6-8-13(9-7-12)21-17-14(4-1-2-10-19-17)16(20-21)15-5-3-11-22-15/h6-9,15,19H,1-5,10-11H2. The number of halogens is 1. The summed E-state index contributed by atoms with van der Waals surface area (Å²) >= 11 is 0. The molecule has 0 bridgehead atoms. The fraction of sp³-hybridized carbons (Fsp3) is 0.471. The van der Waals surface area contributed by atoms with Crippen LogP contribution in [-0.4, -0.2) is 22.9 Å². The average Bonchev–Trinajstić information content (AvgIpc) is 3.10. The summed E-state index contributed by atoms with van der Waals surface area (Å²) in [6.07, 6.45) is 5.58. The van der Waals surface area contributed by atoms with Crippen molar-refractivity contribution in [3.63, 3.8) is 0 Å². The highest BCUT2D eigenvalue weighted by Crippen LogP contribution is 2.36. The zero-order valence-corrected chi connectivity index (χ0v) is 12.5. The molecule has 1 N–H and O–H groups in total. The van der Waals surface area contributed by atoms with E-state index in [2.05, 4.69) is 5.32 Å². The van der Waals surface area contributed by atoms with Gasteiger partial charge in [0, 0.05) is 18.7 Å². The van der Waals surface area contributed by atoms with Crippen molar-refractivity contribution in [1.29, 1.82) is 0 Å². The van der Waals surface area contributed by atoms with Crippen molar-refractivity contribution >= 4 is 5.82 Å². The van der Waals surface area contributed by atoms with E-state index in [1.54, 1.807) is 12.1 Å². The lowest BCUT2D eigenvalue weighted by molar-refractivity contribution is 0.107. The summed E-state index contributed by atoms with van der Waals surface area (Å²) in [5.41, 5.74) is 3.22. The van der Waals surface area contributed by atoms with Gasteiger partial charge in [-0.3, -0.25) is 0 Å². The number of hydrogen-bond donors (Lipinski definition) is 1. The molecule has 0 amide bonds. The Balaban J connectivity index is 1.81. The van der Waals surface area contributed by atoms with Crippen molar-refractivity contribution in [3.8, 4) is 5.69 Å². The molecule has 2 aliphatic heterocycles. The Kier molecular flexibility index (Phi) is 3.58. The Bertz CT molecular complexity index is 659. The van der Waals surface area contributed by atoms with Crippen molar-refractivity contribution in [2.24, 2.45) is 0 Å². The fourth-order valence-electron chi connectivity index (χ4n) is 3.35. The summed E-state index contributed by atoms with van der Waals surface area (Å²) in [6, 6.07) is 6.50. The molecule has 5 heteroatoms. The van der Waals surface area contributed by atoms with Gasteiger partial charge in [-0.25, -0.2) is 9.07 Å². The number of hydrogen-bond acceptors (Lipinski definition) is 3. The lowest BCUT2D eigenvalue weighted by Crippen LogP contribution is -2.07. The molecular weight excluding hydrogens is 281 g/mol. The van der Waals surface area contributed by atoms with Gasteiger partial charge in [0.2, 0.25) is 0 Å². The molecule has 4 rings (SSSR count). The lowest BCUT2D eigenvalue weighted by atomic mass is 10.0. The first-order valence-electron chi connectivity index (χ1n) is 8.06. The molecule has 0 spiro atoms. The molecule has 1 unspecified atom stereocenters. The maximum absolute atomic E-state index is 13.2. The van der Waals surface area contributed by atoms with Gasteiger partial charge >= 0.3 is 0 Å². The number of anilines is 1. The molecule has 1 saturated heterocycles. The van der Waals surface area contributed by atoms with E-state index in [0.717, 1.165) is 62.5 Å². The van der Waals surface area contributed by atoms with E-state index in [-0.39, 0.29) is 11.9 Å². The Labute approximate surface area is 129 Å². The first kappa shape index (κ1) is 13.8. The van der Waals surface area contributed by atoms with E-state index in [4.69, 9.17) is 9.84 Å².